The molecule has 0 N–H and O–H groups in total. The largest absolute Gasteiger partial charge is 0.305 e. The van der Waals surface area contributed by atoms with Crippen molar-refractivity contribution in [2.75, 3.05) is 26.7 Å². The smallest absolute Gasteiger partial charge is 0.0635 e. The van der Waals surface area contributed by atoms with E-state index in [0.717, 1.165) is 18.6 Å². The molecule has 0 radical (unpaired) electrons. The van der Waals surface area contributed by atoms with Crippen LogP contribution in [0, 0.1) is 11.3 Å². The molecule has 0 aromatic rings. The third-order valence-corrected chi connectivity index (χ3v) is 3.62. The molecule has 2 aliphatic heterocycles. The zero-order chi connectivity index (χ0) is 9.97. The van der Waals surface area contributed by atoms with Crippen LogP contribution in [0.2, 0.25) is 0 Å². The van der Waals surface area contributed by atoms with Crippen LogP contribution in [0.3, 0.4) is 0 Å². The Morgan fingerprint density at radius 2 is 2.07 bits per heavy atom. The summed E-state index contributed by atoms with van der Waals surface area (Å²) in [7, 11) is 2.21. The molecular weight excluding hydrogens is 174 g/mol. The van der Waals surface area contributed by atoms with Crippen LogP contribution >= 0.6 is 0 Å². The number of nitriles is 1. The van der Waals surface area contributed by atoms with E-state index in [9.17, 15) is 0 Å². The molecule has 2 bridgehead atoms. The van der Waals surface area contributed by atoms with Crippen molar-refractivity contribution in [1.29, 1.82) is 5.26 Å². The topological polar surface area (TPSA) is 30.3 Å². The predicted molar refractivity (Wildman–Crippen MR) is 55.9 cm³/mol. The Balaban J connectivity index is 1.98. The molecule has 0 aromatic carbocycles. The molecule has 2 rings (SSSR count). The van der Waals surface area contributed by atoms with Crippen LogP contribution in [0.25, 0.3) is 0 Å². The van der Waals surface area contributed by atoms with E-state index in [1.807, 2.05) is 0 Å². The van der Waals surface area contributed by atoms with Crippen molar-refractivity contribution >= 4 is 0 Å². The van der Waals surface area contributed by atoms with Gasteiger partial charge in [0.05, 0.1) is 6.07 Å². The maximum atomic E-state index is 8.63. The van der Waals surface area contributed by atoms with Crippen molar-refractivity contribution in [2.24, 2.45) is 0 Å². The van der Waals surface area contributed by atoms with Gasteiger partial charge in [-0.2, -0.15) is 5.26 Å². The summed E-state index contributed by atoms with van der Waals surface area (Å²) in [5, 5.41) is 8.63. The van der Waals surface area contributed by atoms with Crippen LogP contribution in [-0.4, -0.2) is 48.6 Å². The Kier molecular flexibility index (Phi) is 3.05. The molecule has 3 nitrogen and oxygen atoms in total. The average molecular weight is 193 g/mol. The number of likely N-dealkylation sites (tertiary alicyclic amines) is 1. The summed E-state index contributed by atoms with van der Waals surface area (Å²) >= 11 is 0. The lowest BCUT2D eigenvalue weighted by Gasteiger charge is -2.26. The van der Waals surface area contributed by atoms with Crippen molar-refractivity contribution in [3.63, 3.8) is 0 Å². The van der Waals surface area contributed by atoms with Gasteiger partial charge in [0, 0.05) is 31.6 Å². The van der Waals surface area contributed by atoms with Crippen LogP contribution in [0.4, 0.5) is 0 Å². The SMILES string of the molecule is CN1CCC2CCC(C1)N2CCC#N. The van der Waals surface area contributed by atoms with Crippen molar-refractivity contribution in [1.82, 2.24) is 9.80 Å². The first kappa shape index (κ1) is 9.95. The third kappa shape index (κ3) is 1.92. The minimum Gasteiger partial charge on any atom is -0.305 e. The molecule has 3 heteroatoms. The standard InChI is InChI=1S/C11H19N3/c1-13-8-5-10-3-4-11(9-13)14(10)7-2-6-12/h10-11H,2-5,7-9H2,1H3. The maximum absolute atomic E-state index is 8.63. The summed E-state index contributed by atoms with van der Waals surface area (Å²) in [5.74, 6) is 0. The molecular formula is C11H19N3. The van der Waals surface area contributed by atoms with Gasteiger partial charge in [-0.3, -0.25) is 4.90 Å². The van der Waals surface area contributed by atoms with Gasteiger partial charge in [0.25, 0.3) is 0 Å². The minimum absolute atomic E-state index is 0.691. The molecule has 2 fully saturated rings. The van der Waals surface area contributed by atoms with E-state index in [1.165, 1.54) is 32.4 Å². The highest BCUT2D eigenvalue weighted by molar-refractivity contribution is 4.93. The van der Waals surface area contributed by atoms with Gasteiger partial charge >= 0.3 is 0 Å². The van der Waals surface area contributed by atoms with Gasteiger partial charge in [-0.05, 0) is 32.9 Å². The van der Waals surface area contributed by atoms with Crippen LogP contribution in [0.5, 0.6) is 0 Å². The fourth-order valence-corrected chi connectivity index (χ4v) is 2.89. The van der Waals surface area contributed by atoms with Gasteiger partial charge in [0.15, 0.2) is 0 Å². The molecule has 2 unspecified atom stereocenters. The molecule has 2 atom stereocenters. The van der Waals surface area contributed by atoms with Crippen LogP contribution in [0.15, 0.2) is 0 Å². The number of hydrogen-bond donors (Lipinski definition) is 0. The summed E-state index contributed by atoms with van der Waals surface area (Å²) in [6.45, 7) is 3.41. The summed E-state index contributed by atoms with van der Waals surface area (Å²) in [6, 6.07) is 3.75. The van der Waals surface area contributed by atoms with E-state index in [-0.39, 0.29) is 0 Å². The number of hydrogen-bond acceptors (Lipinski definition) is 3. The fraction of sp³-hybridized carbons (Fsp3) is 0.909. The first-order valence-electron chi connectivity index (χ1n) is 5.62. The van der Waals surface area contributed by atoms with E-state index in [4.69, 9.17) is 5.26 Å². The zero-order valence-corrected chi connectivity index (χ0v) is 8.95. The fourth-order valence-electron chi connectivity index (χ4n) is 2.89. The summed E-state index contributed by atoms with van der Waals surface area (Å²) in [5.41, 5.74) is 0. The highest BCUT2D eigenvalue weighted by Gasteiger charge is 2.35. The predicted octanol–water partition coefficient (Wildman–Crippen LogP) is 1.07. The Bertz CT molecular complexity index is 233. The van der Waals surface area contributed by atoms with Gasteiger partial charge in [0.2, 0.25) is 0 Å². The molecule has 2 aliphatic rings. The number of rotatable bonds is 2. The molecule has 2 saturated heterocycles. The molecule has 2 heterocycles. The molecule has 78 valence electrons. The minimum atomic E-state index is 0.691. The monoisotopic (exact) mass is 193 g/mol. The highest BCUT2D eigenvalue weighted by Crippen LogP contribution is 2.29. The van der Waals surface area contributed by atoms with Crippen molar-refractivity contribution in [3.8, 4) is 6.07 Å². The van der Waals surface area contributed by atoms with E-state index in [1.54, 1.807) is 0 Å². The van der Waals surface area contributed by atoms with Crippen molar-refractivity contribution in [2.45, 2.75) is 37.8 Å². The zero-order valence-electron chi connectivity index (χ0n) is 8.95. The van der Waals surface area contributed by atoms with Crippen molar-refractivity contribution < 1.29 is 0 Å². The summed E-state index contributed by atoms with van der Waals surface area (Å²) < 4.78 is 0. The van der Waals surface area contributed by atoms with Gasteiger partial charge in [-0.1, -0.05) is 0 Å². The van der Waals surface area contributed by atoms with E-state index in [0.29, 0.717) is 6.42 Å². The van der Waals surface area contributed by atoms with Gasteiger partial charge < -0.3 is 4.90 Å². The first-order chi connectivity index (χ1) is 6.81. The second-order valence-electron chi connectivity index (χ2n) is 4.58. The Labute approximate surface area is 86.3 Å². The van der Waals surface area contributed by atoms with Gasteiger partial charge in [-0.25, -0.2) is 0 Å². The lowest BCUT2D eigenvalue weighted by atomic mass is 10.1. The summed E-state index contributed by atoms with van der Waals surface area (Å²) in [6.07, 6.45) is 4.67. The van der Waals surface area contributed by atoms with Crippen LogP contribution in [0.1, 0.15) is 25.7 Å². The Hall–Kier alpha value is -0.590. The van der Waals surface area contributed by atoms with Crippen LogP contribution < -0.4 is 0 Å². The lowest BCUT2D eigenvalue weighted by molar-refractivity contribution is 0.196. The molecule has 0 amide bonds. The van der Waals surface area contributed by atoms with Gasteiger partial charge in [-0.15, -0.1) is 0 Å². The third-order valence-electron chi connectivity index (χ3n) is 3.62. The summed E-state index contributed by atoms with van der Waals surface area (Å²) in [4.78, 5) is 5.01. The average Bonchev–Trinajstić information content (AvgIpc) is 2.45. The normalized spacial score (nSPS) is 34.0. The molecule has 14 heavy (non-hydrogen) atoms. The van der Waals surface area contributed by atoms with E-state index < -0.39 is 0 Å². The Morgan fingerprint density at radius 3 is 2.86 bits per heavy atom. The second-order valence-corrected chi connectivity index (χ2v) is 4.58. The maximum Gasteiger partial charge on any atom is 0.0635 e. The second kappa shape index (κ2) is 4.29. The first-order valence-corrected chi connectivity index (χ1v) is 5.62. The molecule has 0 saturated carbocycles. The highest BCUT2D eigenvalue weighted by atomic mass is 15.3. The quantitative estimate of drug-likeness (QED) is 0.657. The van der Waals surface area contributed by atoms with Crippen LogP contribution in [-0.2, 0) is 0 Å². The van der Waals surface area contributed by atoms with E-state index >= 15 is 0 Å². The van der Waals surface area contributed by atoms with E-state index in [2.05, 4.69) is 22.9 Å². The molecule has 0 aromatic heterocycles. The molecule has 0 aliphatic carbocycles. The van der Waals surface area contributed by atoms with Crippen molar-refractivity contribution in [3.05, 3.63) is 0 Å². The Morgan fingerprint density at radius 1 is 1.29 bits per heavy atom. The number of nitrogens with zero attached hydrogens (tertiary/aromatic N) is 3. The number of fused-ring (bicyclic) bond motifs is 2. The molecule has 0 spiro atoms. The lowest BCUT2D eigenvalue weighted by Crippen LogP contribution is -2.38. The van der Waals surface area contributed by atoms with Gasteiger partial charge in [0.1, 0.15) is 0 Å². The number of likely N-dealkylation sites (N-methyl/N-ethyl adjacent to an activating group) is 1.